The zero-order valence-corrected chi connectivity index (χ0v) is 14.8. The van der Waals surface area contributed by atoms with Crippen LogP contribution in [0.2, 0.25) is 5.02 Å². The van der Waals surface area contributed by atoms with Crippen LogP contribution in [0.5, 0.6) is 11.5 Å². The maximum absolute atomic E-state index is 12.5. The number of carbonyl (C=O) groups is 2. The fourth-order valence-corrected chi connectivity index (χ4v) is 2.81. The Kier molecular flexibility index (Phi) is 4.48. The second kappa shape index (κ2) is 7.09. The van der Waals surface area contributed by atoms with E-state index in [1.807, 2.05) is 30.3 Å². The molecule has 27 heavy (non-hydrogen) atoms. The minimum absolute atomic E-state index is 0.204. The second-order valence-corrected chi connectivity index (χ2v) is 6.34. The molecule has 3 aromatic rings. The van der Waals surface area contributed by atoms with E-state index in [1.165, 1.54) is 6.07 Å². The maximum Gasteiger partial charge on any atom is 0.343 e. The lowest BCUT2D eigenvalue weighted by molar-refractivity contribution is 0.0734. The molecule has 0 spiro atoms. The molecule has 0 aliphatic carbocycles. The molecule has 1 heterocycles. The quantitative estimate of drug-likeness (QED) is 0.359. The lowest BCUT2D eigenvalue weighted by Gasteiger charge is -2.05. The summed E-state index contributed by atoms with van der Waals surface area (Å²) in [6.45, 7) is 0. The maximum atomic E-state index is 12.5. The molecule has 0 saturated heterocycles. The Morgan fingerprint density at radius 1 is 0.963 bits per heavy atom. The van der Waals surface area contributed by atoms with Crippen LogP contribution < -0.4 is 9.47 Å². The van der Waals surface area contributed by atoms with E-state index in [9.17, 15) is 9.59 Å². The van der Waals surface area contributed by atoms with Crippen LogP contribution in [-0.2, 0) is 0 Å². The number of Topliss-reactive ketones (excluding diaryl/α,β-unsaturated/α-hetero) is 1. The van der Waals surface area contributed by atoms with Gasteiger partial charge in [0.25, 0.3) is 0 Å². The summed E-state index contributed by atoms with van der Waals surface area (Å²) in [5.74, 6) is 0.170. The van der Waals surface area contributed by atoms with Gasteiger partial charge in [-0.05, 0) is 48.0 Å². The molecular formula is C22H13ClO4. The first-order chi connectivity index (χ1) is 13.1. The van der Waals surface area contributed by atoms with Crippen LogP contribution in [-0.4, -0.2) is 11.8 Å². The van der Waals surface area contributed by atoms with Gasteiger partial charge < -0.3 is 9.47 Å². The fraction of sp³-hybridized carbons (Fsp3) is 0. The van der Waals surface area contributed by atoms with Crippen molar-refractivity contribution in [2.75, 3.05) is 0 Å². The van der Waals surface area contributed by atoms with Crippen molar-refractivity contribution in [2.24, 2.45) is 0 Å². The molecule has 3 aromatic carbocycles. The van der Waals surface area contributed by atoms with E-state index in [1.54, 1.807) is 42.5 Å². The molecule has 5 heteroatoms. The minimum atomic E-state index is -0.518. The topological polar surface area (TPSA) is 52.6 Å². The third-order valence-corrected chi connectivity index (χ3v) is 4.28. The van der Waals surface area contributed by atoms with Crippen molar-refractivity contribution in [1.29, 1.82) is 0 Å². The number of fused-ring (bicyclic) bond motifs is 1. The van der Waals surface area contributed by atoms with Crippen molar-refractivity contribution in [3.8, 4) is 11.5 Å². The Morgan fingerprint density at radius 2 is 1.70 bits per heavy atom. The number of carbonyl (C=O) groups excluding carboxylic acids is 2. The predicted molar refractivity (Wildman–Crippen MR) is 102 cm³/mol. The molecule has 0 atom stereocenters. The number of allylic oxidation sites excluding steroid dienone is 1. The van der Waals surface area contributed by atoms with Gasteiger partial charge in [-0.15, -0.1) is 0 Å². The van der Waals surface area contributed by atoms with Gasteiger partial charge in [0.05, 0.1) is 11.1 Å². The lowest BCUT2D eigenvalue weighted by Crippen LogP contribution is -2.08. The highest BCUT2D eigenvalue weighted by molar-refractivity contribution is 6.30. The van der Waals surface area contributed by atoms with Crippen molar-refractivity contribution in [3.05, 3.63) is 100 Å². The molecule has 0 aromatic heterocycles. The fourth-order valence-electron chi connectivity index (χ4n) is 2.68. The molecular weight excluding hydrogens is 364 g/mol. The Hall–Kier alpha value is -3.37. The molecule has 1 aliphatic heterocycles. The van der Waals surface area contributed by atoms with Gasteiger partial charge in [0.2, 0.25) is 5.78 Å². The zero-order valence-electron chi connectivity index (χ0n) is 14.0. The summed E-state index contributed by atoms with van der Waals surface area (Å²) in [5.41, 5.74) is 1.67. The number of ketones is 1. The third-order valence-electron chi connectivity index (χ3n) is 4.03. The van der Waals surface area contributed by atoms with Crippen molar-refractivity contribution in [2.45, 2.75) is 0 Å². The molecule has 0 unspecified atom stereocenters. The standard InChI is InChI=1S/C22H13ClO4/c23-16-8-6-15(7-9-16)22(25)26-17-10-11-18-19(13-17)27-20(21(18)24)12-14-4-2-1-3-5-14/h1-13H. The monoisotopic (exact) mass is 376 g/mol. The second-order valence-electron chi connectivity index (χ2n) is 5.90. The first-order valence-corrected chi connectivity index (χ1v) is 8.59. The lowest BCUT2D eigenvalue weighted by atomic mass is 10.1. The molecule has 0 bridgehead atoms. The van der Waals surface area contributed by atoms with Crippen LogP contribution in [0.15, 0.2) is 78.6 Å². The molecule has 0 radical (unpaired) electrons. The van der Waals surface area contributed by atoms with E-state index >= 15 is 0 Å². The van der Waals surface area contributed by atoms with E-state index in [0.717, 1.165) is 5.56 Å². The van der Waals surface area contributed by atoms with Gasteiger partial charge in [-0.2, -0.15) is 0 Å². The number of esters is 1. The summed E-state index contributed by atoms with van der Waals surface area (Å²) in [7, 11) is 0. The van der Waals surface area contributed by atoms with E-state index in [0.29, 0.717) is 27.6 Å². The number of benzene rings is 3. The minimum Gasteiger partial charge on any atom is -0.452 e. The van der Waals surface area contributed by atoms with Crippen molar-refractivity contribution >= 4 is 29.4 Å². The Balaban J connectivity index is 1.55. The summed E-state index contributed by atoms with van der Waals surface area (Å²) >= 11 is 5.82. The summed E-state index contributed by atoms with van der Waals surface area (Å²) in [4.78, 5) is 24.7. The molecule has 4 rings (SSSR count). The SMILES string of the molecule is O=C(Oc1ccc2c(c1)OC(=Cc1ccccc1)C2=O)c1ccc(Cl)cc1. The van der Waals surface area contributed by atoms with Gasteiger partial charge in [-0.1, -0.05) is 41.9 Å². The number of hydrogen-bond acceptors (Lipinski definition) is 4. The van der Waals surface area contributed by atoms with Crippen molar-refractivity contribution in [3.63, 3.8) is 0 Å². The summed E-state index contributed by atoms with van der Waals surface area (Å²) < 4.78 is 11.0. The molecule has 0 saturated carbocycles. The number of halogens is 1. The molecule has 1 aliphatic rings. The van der Waals surface area contributed by atoms with Gasteiger partial charge >= 0.3 is 5.97 Å². The zero-order chi connectivity index (χ0) is 18.8. The van der Waals surface area contributed by atoms with Crippen LogP contribution in [0.3, 0.4) is 0 Å². The molecule has 0 N–H and O–H groups in total. The van der Waals surface area contributed by atoms with E-state index < -0.39 is 5.97 Å². The van der Waals surface area contributed by atoms with Crippen molar-refractivity contribution in [1.82, 2.24) is 0 Å². The molecule has 132 valence electrons. The normalized spacial score (nSPS) is 14.0. The van der Waals surface area contributed by atoms with Crippen LogP contribution >= 0.6 is 11.6 Å². The van der Waals surface area contributed by atoms with Crippen molar-refractivity contribution < 1.29 is 19.1 Å². The van der Waals surface area contributed by atoms with E-state index in [-0.39, 0.29) is 11.5 Å². The summed E-state index contributed by atoms with van der Waals surface area (Å²) in [6, 6.07) is 20.5. The van der Waals surface area contributed by atoms with Gasteiger partial charge in [-0.3, -0.25) is 4.79 Å². The molecule has 4 nitrogen and oxygen atoms in total. The third kappa shape index (κ3) is 3.61. The molecule has 0 fully saturated rings. The van der Waals surface area contributed by atoms with Crippen LogP contribution in [0, 0.1) is 0 Å². The summed E-state index contributed by atoms with van der Waals surface area (Å²) in [6.07, 6.45) is 1.68. The first kappa shape index (κ1) is 17.1. The van der Waals surface area contributed by atoms with E-state index in [4.69, 9.17) is 21.1 Å². The van der Waals surface area contributed by atoms with Gasteiger partial charge in [-0.25, -0.2) is 4.79 Å². The Labute approximate surface area is 160 Å². The number of ether oxygens (including phenoxy) is 2. The van der Waals surface area contributed by atoms with Crippen LogP contribution in [0.4, 0.5) is 0 Å². The van der Waals surface area contributed by atoms with Gasteiger partial charge in [0, 0.05) is 11.1 Å². The smallest absolute Gasteiger partial charge is 0.343 e. The summed E-state index contributed by atoms with van der Waals surface area (Å²) in [5, 5.41) is 0.536. The predicted octanol–water partition coefficient (Wildman–Crippen LogP) is 5.18. The number of hydrogen-bond donors (Lipinski definition) is 0. The Bertz CT molecular complexity index is 1050. The first-order valence-electron chi connectivity index (χ1n) is 8.21. The molecule has 0 amide bonds. The van der Waals surface area contributed by atoms with Gasteiger partial charge in [0.15, 0.2) is 5.76 Å². The van der Waals surface area contributed by atoms with Crippen LogP contribution in [0.1, 0.15) is 26.3 Å². The number of rotatable bonds is 3. The average Bonchev–Trinajstić information content (AvgIpc) is 2.98. The Morgan fingerprint density at radius 3 is 2.44 bits per heavy atom. The van der Waals surface area contributed by atoms with Crippen LogP contribution in [0.25, 0.3) is 6.08 Å². The highest BCUT2D eigenvalue weighted by Gasteiger charge is 2.28. The van der Waals surface area contributed by atoms with E-state index in [2.05, 4.69) is 0 Å². The highest BCUT2D eigenvalue weighted by Crippen LogP contribution is 2.35. The highest BCUT2D eigenvalue weighted by atomic mass is 35.5. The average molecular weight is 377 g/mol. The van der Waals surface area contributed by atoms with Gasteiger partial charge in [0.1, 0.15) is 11.5 Å². The largest absolute Gasteiger partial charge is 0.452 e.